The summed E-state index contributed by atoms with van der Waals surface area (Å²) in [5.41, 5.74) is 7.43. The summed E-state index contributed by atoms with van der Waals surface area (Å²) in [6.07, 6.45) is 3.74. The lowest BCUT2D eigenvalue weighted by Crippen LogP contribution is -2.40. The van der Waals surface area contributed by atoms with Crippen LogP contribution in [0.1, 0.15) is 44.8 Å². The molecule has 0 aliphatic carbocycles. The minimum atomic E-state index is -1.12. The molecule has 8 nitrogen and oxygen atoms in total. The summed E-state index contributed by atoms with van der Waals surface area (Å²) in [5, 5.41) is 17.3. The van der Waals surface area contributed by atoms with E-state index in [1.54, 1.807) is 13.3 Å². The number of rotatable bonds is 3. The number of benzene rings is 1. The van der Waals surface area contributed by atoms with Crippen molar-refractivity contribution in [3.05, 3.63) is 53.0 Å². The summed E-state index contributed by atoms with van der Waals surface area (Å²) in [6, 6.07) is 6.41. The number of aromatic carboxylic acids is 2. The zero-order valence-electron chi connectivity index (χ0n) is 15.4. The van der Waals surface area contributed by atoms with Crippen molar-refractivity contribution in [1.82, 2.24) is 9.97 Å². The molecule has 144 valence electrons. The molecule has 2 aromatic rings. The van der Waals surface area contributed by atoms with Gasteiger partial charge in [0.1, 0.15) is 12.1 Å². The van der Waals surface area contributed by atoms with Gasteiger partial charge in [-0.3, -0.25) is 0 Å². The summed E-state index contributed by atoms with van der Waals surface area (Å²) < 4.78 is 0. The number of aryl methyl sites for hydroxylation is 2. The van der Waals surface area contributed by atoms with Crippen molar-refractivity contribution in [2.45, 2.75) is 32.7 Å². The van der Waals surface area contributed by atoms with Crippen LogP contribution in [0.3, 0.4) is 0 Å². The van der Waals surface area contributed by atoms with Crippen LogP contribution < -0.4 is 10.6 Å². The molecule has 2 heterocycles. The third kappa shape index (κ3) is 5.75. The normalized spacial score (nSPS) is 14.3. The zero-order valence-corrected chi connectivity index (χ0v) is 15.4. The molecule has 1 aromatic carbocycles. The summed E-state index contributed by atoms with van der Waals surface area (Å²) in [6.45, 7) is 5.63. The van der Waals surface area contributed by atoms with E-state index in [-0.39, 0.29) is 11.1 Å². The average Bonchev–Trinajstić information content (AvgIpc) is 2.63. The summed E-state index contributed by atoms with van der Waals surface area (Å²) in [7, 11) is 0. The van der Waals surface area contributed by atoms with E-state index in [0.29, 0.717) is 11.6 Å². The molecule has 0 amide bonds. The largest absolute Gasteiger partial charge is 0.478 e. The van der Waals surface area contributed by atoms with Gasteiger partial charge in [-0.2, -0.15) is 0 Å². The van der Waals surface area contributed by atoms with Crippen LogP contribution in [-0.2, 0) is 0 Å². The highest BCUT2D eigenvalue weighted by molar-refractivity contribution is 5.94. The molecular weight excluding hydrogens is 348 g/mol. The number of hydrogen-bond donors (Lipinski definition) is 3. The third-order valence-corrected chi connectivity index (χ3v) is 4.37. The van der Waals surface area contributed by atoms with Gasteiger partial charge in [0.2, 0.25) is 0 Å². The van der Waals surface area contributed by atoms with Crippen LogP contribution in [0.25, 0.3) is 0 Å². The molecule has 0 unspecified atom stereocenters. The molecule has 0 radical (unpaired) electrons. The van der Waals surface area contributed by atoms with Gasteiger partial charge in [-0.1, -0.05) is 6.07 Å². The Morgan fingerprint density at radius 1 is 1.07 bits per heavy atom. The van der Waals surface area contributed by atoms with Crippen molar-refractivity contribution in [3.8, 4) is 0 Å². The number of carbonyl (C=O) groups is 2. The third-order valence-electron chi connectivity index (χ3n) is 4.37. The number of nitrogens with zero attached hydrogens (tertiary/aromatic N) is 3. The van der Waals surface area contributed by atoms with Crippen LogP contribution in [-0.4, -0.2) is 51.3 Å². The molecule has 1 aliphatic rings. The monoisotopic (exact) mass is 372 g/mol. The fourth-order valence-corrected chi connectivity index (χ4v) is 2.73. The van der Waals surface area contributed by atoms with E-state index in [2.05, 4.69) is 14.9 Å². The topological polar surface area (TPSA) is 130 Å². The standard InChI is InChI=1S/C10H16N4.C9H8O4/c1-8-6-10(13-7-12-8)14-4-2-9(11)3-5-14;1-5-2-3-6(8(10)11)4-7(5)9(12)13/h6-7,9H,2-5,11H2,1H3;2-4H,1H3,(H,10,11)(H,12,13). The van der Waals surface area contributed by atoms with Gasteiger partial charge in [-0.05, 0) is 44.4 Å². The molecule has 1 aliphatic heterocycles. The van der Waals surface area contributed by atoms with Gasteiger partial charge in [0.15, 0.2) is 0 Å². The number of piperidine rings is 1. The number of carboxylic acids is 2. The highest BCUT2D eigenvalue weighted by Crippen LogP contribution is 2.16. The second-order valence-corrected chi connectivity index (χ2v) is 6.48. The van der Waals surface area contributed by atoms with Crippen LogP contribution in [0.4, 0.5) is 5.82 Å². The molecule has 27 heavy (non-hydrogen) atoms. The average molecular weight is 372 g/mol. The maximum Gasteiger partial charge on any atom is 0.335 e. The van der Waals surface area contributed by atoms with Gasteiger partial charge < -0.3 is 20.8 Å². The van der Waals surface area contributed by atoms with Crippen LogP contribution >= 0.6 is 0 Å². The molecule has 0 bridgehead atoms. The van der Waals surface area contributed by atoms with Crippen LogP contribution in [0.15, 0.2) is 30.6 Å². The second kappa shape index (κ2) is 9.09. The minimum absolute atomic E-state index is 0.0111. The minimum Gasteiger partial charge on any atom is -0.478 e. The zero-order chi connectivity index (χ0) is 20.0. The maximum atomic E-state index is 10.6. The summed E-state index contributed by atoms with van der Waals surface area (Å²) >= 11 is 0. The Kier molecular flexibility index (Phi) is 6.84. The van der Waals surface area contributed by atoms with E-state index in [1.165, 1.54) is 12.1 Å². The predicted molar refractivity (Wildman–Crippen MR) is 101 cm³/mol. The van der Waals surface area contributed by atoms with E-state index in [1.807, 2.05) is 13.0 Å². The van der Waals surface area contributed by atoms with Gasteiger partial charge in [-0.25, -0.2) is 19.6 Å². The van der Waals surface area contributed by atoms with E-state index in [4.69, 9.17) is 15.9 Å². The van der Waals surface area contributed by atoms with E-state index < -0.39 is 11.9 Å². The highest BCUT2D eigenvalue weighted by atomic mass is 16.4. The Hall–Kier alpha value is -3.00. The highest BCUT2D eigenvalue weighted by Gasteiger charge is 2.17. The van der Waals surface area contributed by atoms with Crippen molar-refractivity contribution >= 4 is 17.8 Å². The first kappa shape index (κ1) is 20.3. The lowest BCUT2D eigenvalue weighted by Gasteiger charge is -2.30. The number of aromatic nitrogens is 2. The maximum absolute atomic E-state index is 10.6. The van der Waals surface area contributed by atoms with Crippen molar-refractivity contribution < 1.29 is 19.8 Å². The second-order valence-electron chi connectivity index (χ2n) is 6.48. The van der Waals surface area contributed by atoms with Crippen molar-refractivity contribution in [2.75, 3.05) is 18.0 Å². The number of anilines is 1. The first-order valence-corrected chi connectivity index (χ1v) is 8.64. The first-order chi connectivity index (χ1) is 12.8. The fraction of sp³-hybridized carbons (Fsp3) is 0.368. The molecule has 0 saturated carbocycles. The number of carboxylic acid groups (broad SMARTS) is 2. The molecule has 1 aromatic heterocycles. The van der Waals surface area contributed by atoms with Crippen molar-refractivity contribution in [2.24, 2.45) is 5.73 Å². The van der Waals surface area contributed by atoms with Gasteiger partial charge in [0.25, 0.3) is 0 Å². The fourth-order valence-electron chi connectivity index (χ4n) is 2.73. The Balaban J connectivity index is 0.000000194. The first-order valence-electron chi connectivity index (χ1n) is 8.64. The van der Waals surface area contributed by atoms with Gasteiger partial charge in [-0.15, -0.1) is 0 Å². The van der Waals surface area contributed by atoms with Gasteiger partial charge in [0.05, 0.1) is 11.1 Å². The van der Waals surface area contributed by atoms with Crippen LogP contribution in [0.2, 0.25) is 0 Å². The number of hydrogen-bond acceptors (Lipinski definition) is 6. The van der Waals surface area contributed by atoms with Crippen LogP contribution in [0.5, 0.6) is 0 Å². The Labute approximate surface area is 157 Å². The summed E-state index contributed by atoms with van der Waals surface area (Å²) in [5.74, 6) is -1.20. The Morgan fingerprint density at radius 2 is 1.74 bits per heavy atom. The molecule has 1 saturated heterocycles. The molecule has 4 N–H and O–H groups in total. The van der Waals surface area contributed by atoms with E-state index >= 15 is 0 Å². The lowest BCUT2D eigenvalue weighted by molar-refractivity contribution is 0.0695. The van der Waals surface area contributed by atoms with Crippen molar-refractivity contribution in [3.63, 3.8) is 0 Å². The van der Waals surface area contributed by atoms with Gasteiger partial charge >= 0.3 is 11.9 Å². The van der Waals surface area contributed by atoms with E-state index in [9.17, 15) is 9.59 Å². The lowest BCUT2D eigenvalue weighted by atomic mass is 10.1. The Morgan fingerprint density at radius 3 is 2.30 bits per heavy atom. The molecule has 8 heteroatoms. The predicted octanol–water partition coefficient (Wildman–Crippen LogP) is 2.10. The Bertz CT molecular complexity index is 817. The molecule has 0 spiro atoms. The molecule has 1 fully saturated rings. The van der Waals surface area contributed by atoms with Crippen LogP contribution in [0, 0.1) is 13.8 Å². The van der Waals surface area contributed by atoms with Crippen molar-refractivity contribution in [1.29, 1.82) is 0 Å². The van der Waals surface area contributed by atoms with E-state index in [0.717, 1.165) is 43.5 Å². The SMILES string of the molecule is Cc1cc(N2CCC(N)CC2)ncn1.Cc1ccc(C(=O)O)cc1C(=O)O. The molecule has 0 atom stereocenters. The molecular formula is C19H24N4O4. The smallest absolute Gasteiger partial charge is 0.335 e. The van der Waals surface area contributed by atoms with Gasteiger partial charge in [0, 0.05) is 30.9 Å². The quantitative estimate of drug-likeness (QED) is 0.747. The molecule has 3 rings (SSSR count). The number of nitrogens with two attached hydrogens (primary N) is 1. The summed E-state index contributed by atoms with van der Waals surface area (Å²) in [4.78, 5) is 31.7.